The number of anilines is 2. The second-order valence-electron chi connectivity index (χ2n) is 5.96. The molecule has 0 radical (unpaired) electrons. The van der Waals surface area contributed by atoms with Crippen molar-refractivity contribution < 1.29 is 9.59 Å². The number of nitrogens with zero attached hydrogens (tertiary/aromatic N) is 2. The van der Waals surface area contributed by atoms with Gasteiger partial charge in [-0.3, -0.25) is 9.69 Å². The molecule has 6 nitrogen and oxygen atoms in total. The van der Waals surface area contributed by atoms with Crippen LogP contribution in [0.25, 0.3) is 0 Å². The quantitative estimate of drug-likeness (QED) is 0.884. The molecule has 0 spiro atoms. The van der Waals surface area contributed by atoms with Crippen LogP contribution in [0.5, 0.6) is 0 Å². The summed E-state index contributed by atoms with van der Waals surface area (Å²) < 4.78 is 0. The van der Waals surface area contributed by atoms with Crippen LogP contribution in [-0.4, -0.2) is 35.3 Å². The van der Waals surface area contributed by atoms with E-state index in [1.807, 2.05) is 26.0 Å². The van der Waals surface area contributed by atoms with E-state index in [1.165, 1.54) is 0 Å². The summed E-state index contributed by atoms with van der Waals surface area (Å²) in [4.78, 5) is 30.6. The number of carbonyl (C=O) groups is 2. The molecule has 0 saturated carbocycles. The molecule has 0 bridgehead atoms. The van der Waals surface area contributed by atoms with Crippen molar-refractivity contribution in [1.29, 1.82) is 0 Å². The number of urea groups is 1. The van der Waals surface area contributed by atoms with Crippen molar-refractivity contribution in [3.63, 3.8) is 0 Å². The Balaban J connectivity index is 1.69. The number of benzene rings is 1. The van der Waals surface area contributed by atoms with Crippen molar-refractivity contribution in [3.8, 4) is 0 Å². The first-order chi connectivity index (χ1) is 12.0. The Morgan fingerprint density at radius 1 is 1.20 bits per heavy atom. The van der Waals surface area contributed by atoms with Crippen molar-refractivity contribution in [2.45, 2.75) is 24.9 Å². The van der Waals surface area contributed by atoms with Crippen LogP contribution >= 0.6 is 11.8 Å². The summed E-state index contributed by atoms with van der Waals surface area (Å²) >= 11 is 1.65. The van der Waals surface area contributed by atoms with Crippen LogP contribution in [0.15, 0.2) is 47.6 Å². The van der Waals surface area contributed by atoms with Gasteiger partial charge in [-0.05, 0) is 50.2 Å². The van der Waals surface area contributed by atoms with Gasteiger partial charge in [-0.1, -0.05) is 0 Å². The van der Waals surface area contributed by atoms with Crippen LogP contribution in [-0.2, 0) is 0 Å². The fraction of sp³-hybridized carbons (Fsp3) is 0.278. The summed E-state index contributed by atoms with van der Waals surface area (Å²) in [6.07, 6.45) is 1.73. The molecule has 1 aromatic carbocycles. The minimum Gasteiger partial charge on any atom is -0.350 e. The van der Waals surface area contributed by atoms with Gasteiger partial charge in [0.2, 0.25) is 0 Å². The molecule has 25 heavy (non-hydrogen) atoms. The van der Waals surface area contributed by atoms with Gasteiger partial charge < -0.3 is 10.6 Å². The van der Waals surface area contributed by atoms with E-state index in [0.29, 0.717) is 17.8 Å². The predicted molar refractivity (Wildman–Crippen MR) is 100 cm³/mol. The van der Waals surface area contributed by atoms with Crippen LogP contribution in [0.2, 0.25) is 0 Å². The van der Waals surface area contributed by atoms with Crippen molar-refractivity contribution in [2.75, 3.05) is 22.5 Å². The second kappa shape index (κ2) is 7.57. The topological polar surface area (TPSA) is 74.3 Å². The number of amides is 3. The highest BCUT2D eigenvalue weighted by Gasteiger charge is 2.23. The van der Waals surface area contributed by atoms with Gasteiger partial charge in [-0.15, -0.1) is 11.8 Å². The Kier molecular flexibility index (Phi) is 5.23. The first kappa shape index (κ1) is 17.3. The molecule has 3 amide bonds. The van der Waals surface area contributed by atoms with Crippen LogP contribution < -0.4 is 15.5 Å². The molecule has 0 aliphatic carbocycles. The molecule has 2 heterocycles. The molecule has 0 saturated heterocycles. The van der Waals surface area contributed by atoms with E-state index in [0.717, 1.165) is 16.5 Å². The molecule has 2 aromatic rings. The third-order valence-corrected chi connectivity index (χ3v) is 4.63. The smallest absolute Gasteiger partial charge is 0.326 e. The van der Waals surface area contributed by atoms with Gasteiger partial charge in [-0.2, -0.15) is 0 Å². The fourth-order valence-corrected chi connectivity index (χ4v) is 3.43. The average molecular weight is 356 g/mol. The lowest BCUT2D eigenvalue weighted by Crippen LogP contribution is -2.38. The number of nitrogens with one attached hydrogen (secondary N) is 2. The average Bonchev–Trinajstić information content (AvgIpc) is 2.61. The van der Waals surface area contributed by atoms with E-state index in [2.05, 4.69) is 15.6 Å². The van der Waals surface area contributed by atoms with Gasteiger partial charge in [0.05, 0.1) is 5.69 Å². The first-order valence-electron chi connectivity index (χ1n) is 8.12. The highest BCUT2D eigenvalue weighted by atomic mass is 32.2. The Labute approximate surface area is 151 Å². The summed E-state index contributed by atoms with van der Waals surface area (Å²) in [5, 5.41) is 6.58. The third-order valence-electron chi connectivity index (χ3n) is 3.66. The molecule has 0 unspecified atom stereocenters. The van der Waals surface area contributed by atoms with E-state index in [9.17, 15) is 9.59 Å². The number of rotatable bonds is 3. The molecule has 1 aliphatic heterocycles. The lowest BCUT2D eigenvalue weighted by Gasteiger charge is -2.28. The molecule has 1 aliphatic rings. The molecule has 1 aromatic heterocycles. The zero-order chi connectivity index (χ0) is 17.8. The van der Waals surface area contributed by atoms with Gasteiger partial charge in [0.25, 0.3) is 5.91 Å². The largest absolute Gasteiger partial charge is 0.350 e. The van der Waals surface area contributed by atoms with Crippen LogP contribution in [0, 0.1) is 0 Å². The molecular formula is C18H20N4O2S. The molecule has 3 rings (SSSR count). The third kappa shape index (κ3) is 4.11. The molecule has 0 atom stereocenters. The Morgan fingerprint density at radius 3 is 2.68 bits per heavy atom. The van der Waals surface area contributed by atoms with Crippen molar-refractivity contribution in [3.05, 3.63) is 48.2 Å². The Bertz CT molecular complexity index is 777. The summed E-state index contributed by atoms with van der Waals surface area (Å²) in [5.74, 6) is 0.687. The lowest BCUT2D eigenvalue weighted by molar-refractivity contribution is 0.0943. The zero-order valence-corrected chi connectivity index (χ0v) is 15.0. The van der Waals surface area contributed by atoms with E-state index >= 15 is 0 Å². The van der Waals surface area contributed by atoms with Crippen LogP contribution in [0.3, 0.4) is 0 Å². The molecule has 0 fully saturated rings. The lowest BCUT2D eigenvalue weighted by atomic mass is 10.2. The molecule has 2 N–H and O–H groups in total. The molecule has 7 heteroatoms. The van der Waals surface area contributed by atoms with Gasteiger partial charge in [0.1, 0.15) is 5.03 Å². The summed E-state index contributed by atoms with van der Waals surface area (Å²) in [6, 6.07) is 10.5. The summed E-state index contributed by atoms with van der Waals surface area (Å²) in [6.45, 7) is 4.45. The standard InChI is InChI=1S/C18H20N4O2S/c1-12(2)20-16(23)13-5-7-14(8-6-13)21-18(24)22-10-11-25-17-15(22)4-3-9-19-17/h3-9,12H,10-11H2,1-2H3,(H,20,23)(H,21,24). The normalized spacial score (nSPS) is 13.3. The summed E-state index contributed by atoms with van der Waals surface area (Å²) in [7, 11) is 0. The number of carbonyl (C=O) groups excluding carboxylic acids is 2. The van der Waals surface area contributed by atoms with Gasteiger partial charge in [-0.25, -0.2) is 9.78 Å². The molecular weight excluding hydrogens is 336 g/mol. The SMILES string of the molecule is CC(C)NC(=O)c1ccc(NC(=O)N2CCSc3ncccc32)cc1. The number of hydrogen-bond acceptors (Lipinski definition) is 4. The van der Waals surface area contributed by atoms with Crippen LogP contribution in [0.4, 0.5) is 16.2 Å². The maximum Gasteiger partial charge on any atom is 0.326 e. The predicted octanol–water partition coefficient (Wildman–Crippen LogP) is 3.36. The fourth-order valence-electron chi connectivity index (χ4n) is 2.51. The summed E-state index contributed by atoms with van der Waals surface area (Å²) in [5.41, 5.74) is 2.04. The van der Waals surface area contributed by atoms with Crippen molar-refractivity contribution >= 4 is 35.1 Å². The number of thioether (sulfide) groups is 1. The first-order valence-corrected chi connectivity index (χ1v) is 9.10. The minimum atomic E-state index is -0.200. The van der Waals surface area contributed by atoms with Crippen molar-refractivity contribution in [2.24, 2.45) is 0 Å². The second-order valence-corrected chi connectivity index (χ2v) is 7.05. The maximum atomic E-state index is 12.6. The van der Waals surface area contributed by atoms with Gasteiger partial charge in [0, 0.05) is 35.8 Å². The van der Waals surface area contributed by atoms with E-state index < -0.39 is 0 Å². The van der Waals surface area contributed by atoms with Crippen molar-refractivity contribution in [1.82, 2.24) is 10.3 Å². The number of fused-ring (bicyclic) bond motifs is 1. The maximum absolute atomic E-state index is 12.6. The van der Waals surface area contributed by atoms with E-state index in [4.69, 9.17) is 0 Å². The van der Waals surface area contributed by atoms with Gasteiger partial charge in [0.15, 0.2) is 0 Å². The molecule has 130 valence electrons. The zero-order valence-electron chi connectivity index (χ0n) is 14.2. The highest BCUT2D eigenvalue weighted by molar-refractivity contribution is 7.99. The number of hydrogen-bond donors (Lipinski definition) is 2. The number of aromatic nitrogens is 1. The monoisotopic (exact) mass is 356 g/mol. The Morgan fingerprint density at radius 2 is 1.96 bits per heavy atom. The van der Waals surface area contributed by atoms with E-state index in [1.54, 1.807) is 47.1 Å². The van der Waals surface area contributed by atoms with Crippen LogP contribution in [0.1, 0.15) is 24.2 Å². The van der Waals surface area contributed by atoms with Gasteiger partial charge >= 0.3 is 6.03 Å². The Hall–Kier alpha value is -2.54. The minimum absolute atomic E-state index is 0.0810. The highest BCUT2D eigenvalue weighted by Crippen LogP contribution is 2.32. The number of pyridine rings is 1. The van der Waals surface area contributed by atoms with E-state index in [-0.39, 0.29) is 18.0 Å².